The second-order valence-electron chi connectivity index (χ2n) is 28.7. The SMILES string of the molecule is Cc1cc(-c2ccccc2)c2ccc3ccc(-c4ccc(-c5ccc(-c6cc(-c7ccc(-c8ccccc8)cc7)nc(-c7ccccc7)n6)cc5)cc4)nc3c2n1.Cc1cc(-c2ccccc2)c2ccc3ccc(-c4ccc(-c5ccc(-c6nc(-c7ccccc7)cc(-c7ccc(-c8ccccc8)cc7)n6)cc5)cc4)nc3c2n1. The van der Waals surface area contributed by atoms with Gasteiger partial charge in [-0.05, 0) is 117 Å². The van der Waals surface area contributed by atoms with Crippen LogP contribution in [0.3, 0.4) is 0 Å². The molecule has 0 bridgehead atoms. The molecule has 6 aromatic heterocycles. The summed E-state index contributed by atoms with van der Waals surface area (Å²) in [5.41, 5.74) is 33.2. The number of aromatic nitrogens is 8. The lowest BCUT2D eigenvalue weighted by Gasteiger charge is -2.12. The van der Waals surface area contributed by atoms with Crippen molar-refractivity contribution in [3.63, 3.8) is 0 Å². The molecule has 0 spiro atoms. The fourth-order valence-corrected chi connectivity index (χ4v) is 15.2. The Morgan fingerprint density at radius 1 is 0.149 bits per heavy atom. The van der Waals surface area contributed by atoms with Gasteiger partial charge >= 0.3 is 0 Å². The standard InChI is InChI=1S/2C53H36N4/c1-35-33-47(40-13-7-3-8-14-40)46-31-29-44-30-32-48(55-51(44)52(46)54-35)41-23-17-38(18-24-41)39-21-27-43(28-22-39)50-34-49(56-53(57-50)45-15-9-4-10-16-45)42-25-19-37(20-26-42)36-11-5-2-6-12-36;1-35-33-47(40-13-7-3-8-14-40)46-31-29-44-30-32-48(55-51(44)52(46)54-35)42-23-17-38(18-24-42)39-21-27-45(28-22-39)53-56-49(41-15-9-4-10-16-41)34-50(57-53)43-25-19-37(20-26-43)36-11-5-2-6-12-36/h2*2-34H,1H3. The molecular formula is C106H72N8. The molecule has 0 radical (unpaired) electrons. The first kappa shape index (κ1) is 69.3. The van der Waals surface area contributed by atoms with Gasteiger partial charge in [0, 0.05) is 77.4 Å². The molecule has 0 aliphatic heterocycles. The van der Waals surface area contributed by atoms with Crippen molar-refractivity contribution in [3.05, 3.63) is 412 Å². The lowest BCUT2D eigenvalue weighted by molar-refractivity contribution is 1.18. The highest BCUT2D eigenvalue weighted by Crippen LogP contribution is 2.39. The molecule has 8 nitrogen and oxygen atoms in total. The molecule has 14 aromatic carbocycles. The number of hydrogen-bond donors (Lipinski definition) is 0. The topological polar surface area (TPSA) is 103 Å². The van der Waals surface area contributed by atoms with E-state index in [1.165, 1.54) is 44.5 Å². The van der Waals surface area contributed by atoms with Crippen LogP contribution < -0.4 is 0 Å². The van der Waals surface area contributed by atoms with Crippen LogP contribution in [0.25, 0.3) is 201 Å². The Morgan fingerprint density at radius 2 is 0.368 bits per heavy atom. The summed E-state index contributed by atoms with van der Waals surface area (Å²) in [7, 11) is 0. The fourth-order valence-electron chi connectivity index (χ4n) is 15.2. The summed E-state index contributed by atoms with van der Waals surface area (Å²) in [4.78, 5) is 40.6. The number of fused-ring (bicyclic) bond motifs is 6. The fraction of sp³-hybridized carbons (Fsp3) is 0.0189. The van der Waals surface area contributed by atoms with E-state index >= 15 is 0 Å². The highest BCUT2D eigenvalue weighted by Gasteiger charge is 2.19. The van der Waals surface area contributed by atoms with E-state index in [1.54, 1.807) is 0 Å². The van der Waals surface area contributed by atoms with E-state index < -0.39 is 0 Å². The lowest BCUT2D eigenvalue weighted by atomic mass is 9.98. The Hall–Kier alpha value is -15.1. The Bertz CT molecular complexity index is 6450. The predicted octanol–water partition coefficient (Wildman–Crippen LogP) is 27.1. The molecule has 6 heterocycles. The minimum Gasteiger partial charge on any atom is -0.251 e. The average Bonchev–Trinajstić information content (AvgIpc) is 0.759. The monoisotopic (exact) mass is 1460 g/mol. The molecule has 0 aliphatic rings. The normalized spacial score (nSPS) is 11.2. The van der Waals surface area contributed by atoms with Gasteiger partial charge in [0.05, 0.1) is 56.2 Å². The summed E-state index contributed by atoms with van der Waals surface area (Å²) in [5.74, 6) is 1.39. The Balaban J connectivity index is 0.000000153. The van der Waals surface area contributed by atoms with Crippen molar-refractivity contribution >= 4 is 43.6 Å². The summed E-state index contributed by atoms with van der Waals surface area (Å²) in [6, 6.07) is 140. The highest BCUT2D eigenvalue weighted by molar-refractivity contribution is 6.10. The maximum atomic E-state index is 5.20. The molecule has 8 heteroatoms. The Morgan fingerprint density at radius 3 is 0.675 bits per heavy atom. The van der Waals surface area contributed by atoms with Crippen LogP contribution in [0.15, 0.2) is 400 Å². The zero-order valence-corrected chi connectivity index (χ0v) is 62.7. The smallest absolute Gasteiger partial charge is 0.160 e. The summed E-state index contributed by atoms with van der Waals surface area (Å²) in [6.45, 7) is 4.11. The minimum absolute atomic E-state index is 0.691. The van der Waals surface area contributed by atoms with E-state index in [-0.39, 0.29) is 0 Å². The summed E-state index contributed by atoms with van der Waals surface area (Å²) < 4.78 is 0. The molecule has 0 aliphatic carbocycles. The molecule has 0 saturated heterocycles. The largest absolute Gasteiger partial charge is 0.251 e. The third kappa shape index (κ3) is 14.4. The van der Waals surface area contributed by atoms with Crippen molar-refractivity contribution in [2.75, 3.05) is 0 Å². The van der Waals surface area contributed by atoms with Crippen LogP contribution in [0.2, 0.25) is 0 Å². The van der Waals surface area contributed by atoms with Gasteiger partial charge in [0.15, 0.2) is 11.6 Å². The number of hydrogen-bond acceptors (Lipinski definition) is 8. The molecule has 0 saturated carbocycles. The van der Waals surface area contributed by atoms with Crippen LogP contribution in [0.1, 0.15) is 11.4 Å². The van der Waals surface area contributed by atoms with Gasteiger partial charge in [0.2, 0.25) is 0 Å². The number of nitrogens with zero attached hydrogens (tertiary/aromatic N) is 8. The molecule has 0 unspecified atom stereocenters. The summed E-state index contributed by atoms with van der Waals surface area (Å²) >= 11 is 0. The first-order valence-corrected chi connectivity index (χ1v) is 38.4. The van der Waals surface area contributed by atoms with Crippen LogP contribution in [0, 0.1) is 13.8 Å². The minimum atomic E-state index is 0.691. The van der Waals surface area contributed by atoms with Crippen molar-refractivity contribution in [2.45, 2.75) is 13.8 Å². The highest BCUT2D eigenvalue weighted by atomic mass is 14.9. The Labute approximate surface area is 662 Å². The second kappa shape index (κ2) is 30.7. The maximum absolute atomic E-state index is 5.20. The van der Waals surface area contributed by atoms with Crippen LogP contribution in [-0.2, 0) is 0 Å². The van der Waals surface area contributed by atoms with Crippen molar-refractivity contribution in [1.29, 1.82) is 0 Å². The Kier molecular flexibility index (Phi) is 18.7. The number of rotatable bonds is 14. The molecule has 20 aromatic rings. The zero-order valence-electron chi connectivity index (χ0n) is 62.7. The predicted molar refractivity (Wildman–Crippen MR) is 471 cm³/mol. The summed E-state index contributed by atoms with van der Waals surface area (Å²) in [5, 5.41) is 4.36. The third-order valence-corrected chi connectivity index (χ3v) is 21.2. The van der Waals surface area contributed by atoms with Gasteiger partial charge in [0.1, 0.15) is 0 Å². The molecule has 0 atom stereocenters. The zero-order chi connectivity index (χ0) is 76.3. The van der Waals surface area contributed by atoms with E-state index in [0.717, 1.165) is 156 Å². The summed E-state index contributed by atoms with van der Waals surface area (Å²) in [6.07, 6.45) is 0. The molecular weight excluding hydrogens is 1390 g/mol. The van der Waals surface area contributed by atoms with Gasteiger partial charge in [-0.3, -0.25) is 9.97 Å². The molecule has 114 heavy (non-hydrogen) atoms. The van der Waals surface area contributed by atoms with Crippen molar-refractivity contribution in [3.8, 4) is 157 Å². The van der Waals surface area contributed by atoms with Crippen LogP contribution in [0.5, 0.6) is 0 Å². The number of benzene rings is 14. The lowest BCUT2D eigenvalue weighted by Crippen LogP contribution is -1.96. The van der Waals surface area contributed by atoms with Crippen LogP contribution in [0.4, 0.5) is 0 Å². The van der Waals surface area contributed by atoms with E-state index in [0.29, 0.717) is 11.6 Å². The number of pyridine rings is 4. The van der Waals surface area contributed by atoms with Gasteiger partial charge in [0.25, 0.3) is 0 Å². The van der Waals surface area contributed by atoms with E-state index in [1.807, 2.05) is 60.7 Å². The van der Waals surface area contributed by atoms with Crippen molar-refractivity contribution in [2.24, 2.45) is 0 Å². The molecule has 536 valence electrons. The van der Waals surface area contributed by atoms with Gasteiger partial charge in [-0.25, -0.2) is 29.9 Å². The van der Waals surface area contributed by atoms with E-state index in [2.05, 4.69) is 354 Å². The van der Waals surface area contributed by atoms with Gasteiger partial charge in [-0.1, -0.05) is 364 Å². The average molecular weight is 1460 g/mol. The maximum Gasteiger partial charge on any atom is 0.160 e. The van der Waals surface area contributed by atoms with Crippen molar-refractivity contribution in [1.82, 2.24) is 39.9 Å². The van der Waals surface area contributed by atoms with Gasteiger partial charge in [-0.2, -0.15) is 0 Å². The molecule has 0 fully saturated rings. The van der Waals surface area contributed by atoms with E-state index in [9.17, 15) is 0 Å². The second-order valence-corrected chi connectivity index (χ2v) is 28.7. The first-order chi connectivity index (χ1) is 56.2. The quantitative estimate of drug-likeness (QED) is 0.0992. The number of aryl methyl sites for hydroxylation is 2. The van der Waals surface area contributed by atoms with E-state index in [4.69, 9.17) is 39.9 Å². The molecule has 0 amide bonds. The van der Waals surface area contributed by atoms with Gasteiger partial charge < -0.3 is 0 Å². The van der Waals surface area contributed by atoms with Crippen molar-refractivity contribution < 1.29 is 0 Å². The first-order valence-electron chi connectivity index (χ1n) is 38.4. The van der Waals surface area contributed by atoms with Crippen LogP contribution >= 0.6 is 0 Å². The van der Waals surface area contributed by atoms with Gasteiger partial charge in [-0.15, -0.1) is 0 Å². The third-order valence-electron chi connectivity index (χ3n) is 21.2. The molecule has 0 N–H and O–H groups in total. The molecule has 20 rings (SSSR count). The van der Waals surface area contributed by atoms with Crippen LogP contribution in [-0.4, -0.2) is 39.9 Å².